The standard InChI is InChI=1S/C60H94O27/c1-12-23(2)50(77)83-40-24(3)78-53(39(71)42(40)79-25(4)64)87-48-47(74)60(22-63)27(19-55(48,5)6)26-13-14-31-57(9)17-16-32(56(7,8)30(57)15-18-58(31,10)59(26,11)45(72)46(60)73)82-54-44(86-52-37(69)35(67)33(65)28(20-61)80-52)41(38(70)43(85-54)49(75)76)84-51-36(68)34(66)29(21-62)81-51/h12-13,24,27-48,51-54,61-63,65-74H,14-22H2,1-11H3,(H,75,76)/b23-12-/t24-,27?,28+,29+,30?,31?,32-,33-,34+,35-,36-,37+,38-,39+,40-,41-,42-,43-,44+,45+,46-,47+,48-,51+,52-,53-,54-,57-,58+,59-,60-/m0/s1. The highest BCUT2D eigenvalue weighted by Crippen LogP contribution is 2.76. The van der Waals surface area contributed by atoms with Gasteiger partial charge in [-0.3, -0.25) is 4.79 Å². The highest BCUT2D eigenvalue weighted by molar-refractivity contribution is 5.87. The molecule has 3 unspecified atom stereocenters. The fraction of sp³-hybridized carbons (Fsp3) is 0.883. The number of aliphatic hydroxyl groups excluding tert-OH is 13. The van der Waals surface area contributed by atoms with Gasteiger partial charge in [-0.25, -0.2) is 9.59 Å². The first-order valence-corrected chi connectivity index (χ1v) is 30.4. The van der Waals surface area contributed by atoms with Crippen molar-refractivity contribution in [3.05, 3.63) is 23.3 Å². The van der Waals surface area contributed by atoms with Crippen LogP contribution in [0.2, 0.25) is 0 Å². The van der Waals surface area contributed by atoms with E-state index in [-0.39, 0.29) is 30.3 Å². The number of ether oxygens (including phenoxy) is 10. The van der Waals surface area contributed by atoms with E-state index in [1.54, 1.807) is 13.8 Å². The maximum atomic E-state index is 13.0. The van der Waals surface area contributed by atoms with E-state index in [0.717, 1.165) is 12.5 Å². The van der Waals surface area contributed by atoms with E-state index in [1.807, 2.05) is 34.6 Å². The lowest BCUT2D eigenvalue weighted by atomic mass is 9.32. The van der Waals surface area contributed by atoms with Gasteiger partial charge in [0.2, 0.25) is 0 Å². The number of rotatable bonds is 15. The molecule has 31 atom stereocenters. The summed E-state index contributed by atoms with van der Waals surface area (Å²) in [5.74, 6) is -4.28. The Bertz CT molecular complexity index is 2560. The average molecular weight is 1250 g/mol. The molecule has 4 saturated carbocycles. The van der Waals surface area contributed by atoms with Crippen LogP contribution in [-0.4, -0.2) is 256 Å². The molecule has 0 bridgehead atoms. The van der Waals surface area contributed by atoms with Crippen LogP contribution in [0.5, 0.6) is 0 Å². The zero-order valence-corrected chi connectivity index (χ0v) is 51.2. The summed E-state index contributed by atoms with van der Waals surface area (Å²) in [5, 5.41) is 158. The lowest BCUT2D eigenvalue weighted by Gasteiger charge is -2.73. The third-order valence-corrected chi connectivity index (χ3v) is 22.7. The summed E-state index contributed by atoms with van der Waals surface area (Å²) in [6.07, 6.45) is -33.7. The van der Waals surface area contributed by atoms with Gasteiger partial charge in [-0.1, -0.05) is 66.2 Å². The van der Waals surface area contributed by atoms with Gasteiger partial charge in [0.15, 0.2) is 43.5 Å². The smallest absolute Gasteiger partial charge is 0.335 e. The second kappa shape index (κ2) is 24.8. The molecule has 0 spiro atoms. The highest BCUT2D eigenvalue weighted by Gasteiger charge is 2.76. The Morgan fingerprint density at radius 3 is 1.78 bits per heavy atom. The molecule has 0 aromatic heterocycles. The van der Waals surface area contributed by atoms with Crippen LogP contribution in [0.1, 0.15) is 115 Å². The number of carbonyl (C=O) groups excluding carboxylic acids is 2. The molecule has 27 nitrogen and oxygen atoms in total. The molecular formula is C60H94O27. The third-order valence-electron chi connectivity index (χ3n) is 22.7. The van der Waals surface area contributed by atoms with E-state index in [9.17, 15) is 85.9 Å². The molecule has 0 amide bonds. The number of esters is 2. The zero-order valence-electron chi connectivity index (χ0n) is 51.2. The molecule has 9 rings (SSSR count). The van der Waals surface area contributed by atoms with Crippen molar-refractivity contribution in [1.29, 1.82) is 0 Å². The van der Waals surface area contributed by atoms with Gasteiger partial charge in [-0.05, 0) is 98.7 Å². The maximum absolute atomic E-state index is 13.0. The summed E-state index contributed by atoms with van der Waals surface area (Å²) in [7, 11) is 0. The molecule has 14 N–H and O–H groups in total. The lowest BCUT2D eigenvalue weighted by Crippen LogP contribution is -2.76. The second-order valence-corrected chi connectivity index (χ2v) is 28.0. The number of carboxylic acid groups (broad SMARTS) is 1. The molecule has 0 radical (unpaired) electrons. The van der Waals surface area contributed by atoms with Gasteiger partial charge in [0.25, 0.3) is 0 Å². The number of fused-ring (bicyclic) bond motifs is 7. The largest absolute Gasteiger partial charge is 0.479 e. The Balaban J connectivity index is 0.998. The zero-order chi connectivity index (χ0) is 64.3. The first-order chi connectivity index (χ1) is 40.6. The van der Waals surface area contributed by atoms with E-state index in [1.165, 1.54) is 13.0 Å². The fourth-order valence-electron chi connectivity index (χ4n) is 17.5. The SMILES string of the molecule is C/C=C(/C)C(=O)O[C@@H]1[C@@H](OC(C)=O)[C@@H](O)[C@H](O[C@H]2[C@@H](O)[C@@]3(CO)C(CC2(C)C)C2=CCC4[C@@]5(C)CC[C@H](O[C@H]6O[C@H](C(=O)O)[C@@H](O)[C@H](O[C@H]7O[C@H](CO)[C@@H](O)[C@@H]7O)[C@H]6O[C@@H]6O[C@H](CO)[C@H](O)[C@H](O)[C@H]6O)C(C)(C)C5CC[C@@]4(C)[C@]2(C)[C@H](O)[C@@H]3O)O[C@H]1C. The summed E-state index contributed by atoms with van der Waals surface area (Å²) < 4.78 is 60.4. The van der Waals surface area contributed by atoms with Crippen molar-refractivity contribution in [2.45, 2.75) is 262 Å². The Morgan fingerprint density at radius 1 is 0.621 bits per heavy atom. The summed E-state index contributed by atoms with van der Waals surface area (Å²) in [4.78, 5) is 38.3. The summed E-state index contributed by atoms with van der Waals surface area (Å²) in [6.45, 7) is 17.4. The number of allylic oxidation sites excluding steroid dienone is 2. The van der Waals surface area contributed by atoms with Crippen LogP contribution in [0.15, 0.2) is 23.3 Å². The van der Waals surface area contributed by atoms with Crippen LogP contribution in [0.4, 0.5) is 0 Å². The minimum atomic E-state index is -2.14. The quantitative estimate of drug-likeness (QED) is 0.0371. The number of aliphatic carboxylic acids is 1. The molecule has 0 aromatic rings. The Hall–Kier alpha value is -2.95. The van der Waals surface area contributed by atoms with Crippen molar-refractivity contribution in [1.82, 2.24) is 0 Å². The van der Waals surface area contributed by atoms with Gasteiger partial charge in [0, 0.05) is 17.9 Å². The number of carboxylic acids is 1. The molecule has 496 valence electrons. The van der Waals surface area contributed by atoms with E-state index >= 15 is 0 Å². The van der Waals surface area contributed by atoms with Crippen molar-refractivity contribution in [2.75, 3.05) is 19.8 Å². The van der Waals surface area contributed by atoms with Crippen LogP contribution in [0, 0.1) is 50.2 Å². The predicted molar refractivity (Wildman–Crippen MR) is 294 cm³/mol. The fourth-order valence-corrected chi connectivity index (χ4v) is 17.5. The topological polar surface area (TPSA) is 427 Å². The van der Waals surface area contributed by atoms with Crippen LogP contribution in [-0.2, 0) is 61.8 Å². The van der Waals surface area contributed by atoms with Crippen molar-refractivity contribution in [3.63, 3.8) is 0 Å². The first-order valence-electron chi connectivity index (χ1n) is 30.4. The molecule has 8 fully saturated rings. The molecule has 0 aromatic carbocycles. The Morgan fingerprint density at radius 2 is 1.21 bits per heavy atom. The van der Waals surface area contributed by atoms with Crippen LogP contribution >= 0.6 is 0 Å². The lowest BCUT2D eigenvalue weighted by molar-refractivity contribution is -0.386. The van der Waals surface area contributed by atoms with E-state index in [2.05, 4.69) is 19.9 Å². The number of aliphatic hydroxyl groups is 13. The highest BCUT2D eigenvalue weighted by atomic mass is 16.8. The van der Waals surface area contributed by atoms with E-state index < -0.39 is 223 Å². The maximum Gasteiger partial charge on any atom is 0.335 e. The summed E-state index contributed by atoms with van der Waals surface area (Å²) in [6, 6.07) is 0. The van der Waals surface area contributed by atoms with E-state index in [0.29, 0.717) is 25.7 Å². The average Bonchev–Trinajstić information content (AvgIpc) is 0.904. The minimum absolute atomic E-state index is 0.184. The predicted octanol–water partition coefficient (Wildman–Crippen LogP) is -1.83. The molecule has 4 aliphatic heterocycles. The van der Waals surface area contributed by atoms with Crippen LogP contribution in [0.3, 0.4) is 0 Å². The molecule has 9 aliphatic rings. The number of hydrogen-bond acceptors (Lipinski definition) is 26. The van der Waals surface area contributed by atoms with Crippen LogP contribution in [0.25, 0.3) is 0 Å². The summed E-state index contributed by atoms with van der Waals surface area (Å²) >= 11 is 0. The molecule has 5 aliphatic carbocycles. The van der Waals surface area contributed by atoms with Gasteiger partial charge in [0.05, 0.1) is 61.9 Å². The van der Waals surface area contributed by atoms with Crippen molar-refractivity contribution in [3.8, 4) is 0 Å². The second-order valence-electron chi connectivity index (χ2n) is 28.0. The summed E-state index contributed by atoms with van der Waals surface area (Å²) in [5.41, 5.74) is -5.10. The monoisotopic (exact) mass is 1250 g/mol. The molecule has 87 heavy (non-hydrogen) atoms. The van der Waals surface area contributed by atoms with Crippen molar-refractivity contribution in [2.24, 2.45) is 50.2 Å². The van der Waals surface area contributed by atoms with Gasteiger partial charge in [-0.2, -0.15) is 0 Å². The van der Waals surface area contributed by atoms with Gasteiger partial charge >= 0.3 is 17.9 Å². The molecule has 4 heterocycles. The van der Waals surface area contributed by atoms with Crippen molar-refractivity contribution < 1.29 is 133 Å². The minimum Gasteiger partial charge on any atom is -0.479 e. The molecule has 27 heteroatoms. The Labute approximate surface area is 505 Å². The first kappa shape index (κ1) is 68.4. The van der Waals surface area contributed by atoms with Crippen LogP contribution < -0.4 is 0 Å². The number of hydrogen-bond donors (Lipinski definition) is 14. The molecular weight excluding hydrogens is 1150 g/mol. The molecule has 4 saturated heterocycles. The van der Waals surface area contributed by atoms with E-state index in [4.69, 9.17) is 47.4 Å². The van der Waals surface area contributed by atoms with Gasteiger partial charge < -0.3 is 119 Å². The number of carbonyl (C=O) groups is 3. The van der Waals surface area contributed by atoms with Gasteiger partial charge in [-0.15, -0.1) is 0 Å². The van der Waals surface area contributed by atoms with Gasteiger partial charge in [0.1, 0.15) is 67.1 Å². The third kappa shape index (κ3) is 11.0. The Kier molecular flexibility index (Phi) is 19.5. The normalized spacial score (nSPS) is 51.2. The van der Waals surface area contributed by atoms with Crippen molar-refractivity contribution >= 4 is 17.9 Å².